The molecule has 7 heteroatoms. The van der Waals surface area contributed by atoms with Crippen molar-refractivity contribution >= 4 is 12.1 Å². The number of methoxy groups -OCH3 is 2. The number of hydrogen-bond donors (Lipinski definition) is 2. The van der Waals surface area contributed by atoms with Crippen LogP contribution in [-0.4, -0.2) is 37.0 Å². The fourth-order valence-electron chi connectivity index (χ4n) is 2.05. The molecule has 0 saturated heterocycles. The lowest BCUT2D eigenvalue weighted by molar-refractivity contribution is -0.137. The molecule has 128 valence electrons. The monoisotopic (exact) mass is 325 g/mol. The van der Waals surface area contributed by atoms with Crippen LogP contribution in [-0.2, 0) is 9.53 Å². The number of nitrogens with one attached hydrogen (secondary N) is 1. The minimum atomic E-state index is -1.06. The predicted molar refractivity (Wildman–Crippen MR) is 83.9 cm³/mol. The molecule has 0 radical (unpaired) electrons. The van der Waals surface area contributed by atoms with E-state index < -0.39 is 23.7 Å². The number of amides is 1. The Bertz CT molecular complexity index is 564. The first-order valence-corrected chi connectivity index (χ1v) is 7.10. The molecule has 0 spiro atoms. The second kappa shape index (κ2) is 7.71. The Kier molecular flexibility index (Phi) is 6.24. The highest BCUT2D eigenvalue weighted by Gasteiger charge is 2.26. The second-order valence-corrected chi connectivity index (χ2v) is 5.88. The molecule has 0 saturated carbocycles. The van der Waals surface area contributed by atoms with E-state index >= 15 is 0 Å². The number of benzene rings is 1. The van der Waals surface area contributed by atoms with E-state index in [4.69, 9.17) is 19.3 Å². The average Bonchev–Trinajstić information content (AvgIpc) is 2.43. The van der Waals surface area contributed by atoms with Crippen LogP contribution >= 0.6 is 0 Å². The predicted octanol–water partition coefficient (Wildman–Crippen LogP) is 2.74. The van der Waals surface area contributed by atoms with E-state index in [1.54, 1.807) is 39.0 Å². The topological polar surface area (TPSA) is 94.1 Å². The normalized spacial score (nSPS) is 12.2. The number of aliphatic carboxylic acids is 1. The van der Waals surface area contributed by atoms with Gasteiger partial charge in [-0.3, -0.25) is 4.79 Å². The highest BCUT2D eigenvalue weighted by atomic mass is 16.6. The maximum atomic E-state index is 12.0. The van der Waals surface area contributed by atoms with Gasteiger partial charge in [-0.2, -0.15) is 0 Å². The molecule has 0 aliphatic heterocycles. The van der Waals surface area contributed by atoms with Crippen molar-refractivity contribution in [2.45, 2.75) is 38.8 Å². The van der Waals surface area contributed by atoms with Crippen LogP contribution in [0, 0.1) is 0 Å². The summed E-state index contributed by atoms with van der Waals surface area (Å²) in [6.07, 6.45) is -1.02. The molecule has 1 aromatic carbocycles. The SMILES string of the molecule is COc1cccc([C@H](CC(=O)O)NC(=O)OC(C)(C)C)c1OC. The molecule has 1 rings (SSSR count). The Hall–Kier alpha value is -2.44. The van der Waals surface area contributed by atoms with Crippen LogP contribution in [0.25, 0.3) is 0 Å². The number of carboxylic acids is 1. The van der Waals surface area contributed by atoms with Gasteiger partial charge in [-0.15, -0.1) is 0 Å². The van der Waals surface area contributed by atoms with E-state index in [9.17, 15) is 9.59 Å². The summed E-state index contributed by atoms with van der Waals surface area (Å²) < 4.78 is 15.7. The minimum Gasteiger partial charge on any atom is -0.493 e. The Balaban J connectivity index is 3.12. The van der Waals surface area contributed by atoms with Crippen molar-refractivity contribution in [3.8, 4) is 11.5 Å². The Morgan fingerprint density at radius 1 is 1.22 bits per heavy atom. The summed E-state index contributed by atoms with van der Waals surface area (Å²) in [6.45, 7) is 5.18. The van der Waals surface area contributed by atoms with Gasteiger partial charge in [0.1, 0.15) is 5.60 Å². The molecule has 23 heavy (non-hydrogen) atoms. The van der Waals surface area contributed by atoms with Crippen LogP contribution in [0.4, 0.5) is 4.79 Å². The fraction of sp³-hybridized carbons (Fsp3) is 0.500. The summed E-state index contributed by atoms with van der Waals surface area (Å²) in [5.74, 6) is -0.236. The third-order valence-corrected chi connectivity index (χ3v) is 2.88. The van der Waals surface area contributed by atoms with Gasteiger partial charge in [-0.05, 0) is 26.8 Å². The molecule has 2 N–H and O–H groups in total. The molecular formula is C16H23NO6. The molecule has 1 amide bonds. The number of carbonyl (C=O) groups excluding carboxylic acids is 1. The summed E-state index contributed by atoms with van der Waals surface area (Å²) in [6, 6.07) is 4.25. The first kappa shape index (κ1) is 18.6. The first-order valence-electron chi connectivity index (χ1n) is 7.10. The van der Waals surface area contributed by atoms with Gasteiger partial charge in [0.2, 0.25) is 0 Å². The van der Waals surface area contributed by atoms with Crippen molar-refractivity contribution in [1.29, 1.82) is 0 Å². The number of alkyl carbamates (subject to hydrolysis) is 1. The van der Waals surface area contributed by atoms with Crippen LogP contribution in [0.3, 0.4) is 0 Å². The van der Waals surface area contributed by atoms with E-state index in [2.05, 4.69) is 5.32 Å². The quantitative estimate of drug-likeness (QED) is 0.835. The van der Waals surface area contributed by atoms with Gasteiger partial charge in [-0.25, -0.2) is 4.79 Å². The Morgan fingerprint density at radius 2 is 1.87 bits per heavy atom. The lowest BCUT2D eigenvalue weighted by atomic mass is 10.0. The van der Waals surface area contributed by atoms with E-state index in [1.165, 1.54) is 14.2 Å². The summed E-state index contributed by atoms with van der Waals surface area (Å²) >= 11 is 0. The number of hydrogen-bond acceptors (Lipinski definition) is 5. The van der Waals surface area contributed by atoms with Gasteiger partial charge in [0.25, 0.3) is 0 Å². The lowest BCUT2D eigenvalue weighted by Crippen LogP contribution is -2.36. The zero-order valence-electron chi connectivity index (χ0n) is 14.0. The van der Waals surface area contributed by atoms with Crippen LogP contribution < -0.4 is 14.8 Å². The fourth-order valence-corrected chi connectivity index (χ4v) is 2.05. The van der Waals surface area contributed by atoms with Crippen molar-refractivity contribution in [3.05, 3.63) is 23.8 Å². The molecule has 0 fully saturated rings. The van der Waals surface area contributed by atoms with Crippen LogP contribution in [0.1, 0.15) is 38.8 Å². The standard InChI is InChI=1S/C16H23NO6/c1-16(2,3)23-15(20)17-11(9-13(18)19)10-7-6-8-12(21-4)14(10)22-5/h6-8,11H,9H2,1-5H3,(H,17,20)(H,18,19)/t11-/m0/s1. The number of ether oxygens (including phenoxy) is 3. The second-order valence-electron chi connectivity index (χ2n) is 5.88. The van der Waals surface area contributed by atoms with Gasteiger partial charge < -0.3 is 24.6 Å². The third-order valence-electron chi connectivity index (χ3n) is 2.88. The zero-order valence-corrected chi connectivity index (χ0v) is 14.0. The van der Waals surface area contributed by atoms with Crippen molar-refractivity contribution in [2.24, 2.45) is 0 Å². The molecule has 7 nitrogen and oxygen atoms in total. The molecule has 0 aliphatic rings. The molecule has 1 aromatic rings. The van der Waals surface area contributed by atoms with E-state index in [1.807, 2.05) is 0 Å². The summed E-state index contributed by atoms with van der Waals surface area (Å²) in [5, 5.41) is 11.7. The maximum Gasteiger partial charge on any atom is 0.408 e. The number of carboxylic acid groups (broad SMARTS) is 1. The van der Waals surface area contributed by atoms with Crippen molar-refractivity contribution in [2.75, 3.05) is 14.2 Å². The van der Waals surface area contributed by atoms with E-state index in [0.29, 0.717) is 17.1 Å². The Morgan fingerprint density at radius 3 is 2.35 bits per heavy atom. The molecule has 0 aromatic heterocycles. The number of carbonyl (C=O) groups is 2. The molecule has 0 aliphatic carbocycles. The highest BCUT2D eigenvalue weighted by Crippen LogP contribution is 2.35. The smallest absolute Gasteiger partial charge is 0.408 e. The van der Waals surface area contributed by atoms with Gasteiger partial charge >= 0.3 is 12.1 Å². The number of para-hydroxylation sites is 1. The van der Waals surface area contributed by atoms with E-state index in [0.717, 1.165) is 0 Å². The van der Waals surface area contributed by atoms with Crippen molar-refractivity contribution < 1.29 is 28.9 Å². The van der Waals surface area contributed by atoms with E-state index in [-0.39, 0.29) is 6.42 Å². The molecule has 1 atom stereocenters. The van der Waals surface area contributed by atoms with Crippen LogP contribution in [0.2, 0.25) is 0 Å². The average molecular weight is 325 g/mol. The zero-order chi connectivity index (χ0) is 17.6. The number of rotatable bonds is 6. The van der Waals surface area contributed by atoms with Crippen LogP contribution in [0.5, 0.6) is 11.5 Å². The summed E-state index contributed by atoms with van der Waals surface area (Å²) in [7, 11) is 2.93. The molecule has 0 heterocycles. The highest BCUT2D eigenvalue weighted by molar-refractivity contribution is 5.73. The maximum absolute atomic E-state index is 12.0. The Labute approximate surface area is 135 Å². The minimum absolute atomic E-state index is 0.317. The summed E-state index contributed by atoms with van der Waals surface area (Å²) in [5.41, 5.74) is -0.184. The van der Waals surface area contributed by atoms with Gasteiger partial charge in [0.05, 0.1) is 26.7 Å². The first-order chi connectivity index (χ1) is 10.7. The van der Waals surface area contributed by atoms with Gasteiger partial charge in [-0.1, -0.05) is 12.1 Å². The molecule has 0 unspecified atom stereocenters. The van der Waals surface area contributed by atoms with Gasteiger partial charge in [0.15, 0.2) is 11.5 Å². The molecule has 0 bridgehead atoms. The summed E-state index contributed by atoms with van der Waals surface area (Å²) in [4.78, 5) is 23.1. The largest absolute Gasteiger partial charge is 0.493 e. The van der Waals surface area contributed by atoms with Crippen LogP contribution in [0.15, 0.2) is 18.2 Å². The van der Waals surface area contributed by atoms with Crippen molar-refractivity contribution in [3.63, 3.8) is 0 Å². The lowest BCUT2D eigenvalue weighted by Gasteiger charge is -2.24. The third kappa shape index (κ3) is 5.69. The molecular weight excluding hydrogens is 302 g/mol. The van der Waals surface area contributed by atoms with Gasteiger partial charge in [0, 0.05) is 5.56 Å². The van der Waals surface area contributed by atoms with Crippen molar-refractivity contribution in [1.82, 2.24) is 5.32 Å².